The number of hydrogen-bond acceptors (Lipinski definition) is 4. The van der Waals surface area contributed by atoms with Gasteiger partial charge in [-0.2, -0.15) is 5.26 Å². The summed E-state index contributed by atoms with van der Waals surface area (Å²) in [7, 11) is 0. The Hall–Kier alpha value is -1.60. The van der Waals surface area contributed by atoms with Crippen LogP contribution in [0.4, 0.5) is 0 Å². The third-order valence-electron chi connectivity index (χ3n) is 1.68. The van der Waals surface area contributed by atoms with Crippen LogP contribution in [-0.2, 0) is 16.0 Å². The average Bonchev–Trinajstić information content (AvgIpc) is 2.21. The Morgan fingerprint density at radius 2 is 2.47 bits per heavy atom. The average molecular weight is 225 g/mol. The molecule has 0 unspecified atom stereocenters. The van der Waals surface area contributed by atoms with Gasteiger partial charge in [0.25, 0.3) is 0 Å². The van der Waals surface area contributed by atoms with Crippen molar-refractivity contribution in [3.63, 3.8) is 0 Å². The Kier molecular flexibility index (Phi) is 4.07. The SMILES string of the molecule is CCOC(=O)Cc1cc(C#N)cnc1Cl. The maximum atomic E-state index is 11.2. The lowest BCUT2D eigenvalue weighted by Crippen LogP contribution is -2.08. The van der Waals surface area contributed by atoms with Crippen LogP contribution in [0.3, 0.4) is 0 Å². The van der Waals surface area contributed by atoms with E-state index in [1.165, 1.54) is 12.3 Å². The van der Waals surface area contributed by atoms with Gasteiger partial charge in [-0.15, -0.1) is 0 Å². The normalized spacial score (nSPS) is 9.40. The molecule has 15 heavy (non-hydrogen) atoms. The number of carbonyl (C=O) groups excluding carboxylic acids is 1. The molecule has 1 heterocycles. The van der Waals surface area contributed by atoms with E-state index in [0.717, 1.165) is 0 Å². The molecule has 1 aromatic heterocycles. The molecule has 0 fully saturated rings. The fourth-order valence-corrected chi connectivity index (χ4v) is 1.22. The summed E-state index contributed by atoms with van der Waals surface area (Å²) in [5.41, 5.74) is 0.882. The molecule has 78 valence electrons. The van der Waals surface area contributed by atoms with E-state index >= 15 is 0 Å². The standard InChI is InChI=1S/C10H9ClN2O2/c1-2-15-9(14)4-8-3-7(5-12)6-13-10(8)11/h3,6H,2,4H2,1H3. The number of esters is 1. The minimum atomic E-state index is -0.378. The zero-order valence-electron chi connectivity index (χ0n) is 8.16. The molecule has 0 saturated carbocycles. The first kappa shape index (κ1) is 11.5. The van der Waals surface area contributed by atoms with Crippen molar-refractivity contribution < 1.29 is 9.53 Å². The highest BCUT2D eigenvalue weighted by Crippen LogP contribution is 2.15. The number of pyridine rings is 1. The van der Waals surface area contributed by atoms with Crippen LogP contribution in [0, 0.1) is 11.3 Å². The summed E-state index contributed by atoms with van der Waals surface area (Å²) in [6.07, 6.45) is 1.40. The summed E-state index contributed by atoms with van der Waals surface area (Å²) in [6, 6.07) is 3.46. The third kappa shape index (κ3) is 3.22. The van der Waals surface area contributed by atoms with Crippen LogP contribution >= 0.6 is 11.6 Å². The van der Waals surface area contributed by atoms with Crippen LogP contribution in [0.2, 0.25) is 5.15 Å². The molecule has 0 saturated heterocycles. The molecule has 1 rings (SSSR count). The lowest BCUT2D eigenvalue weighted by molar-refractivity contribution is -0.142. The van der Waals surface area contributed by atoms with Gasteiger partial charge in [-0.3, -0.25) is 4.79 Å². The number of hydrogen-bond donors (Lipinski definition) is 0. The molecular formula is C10H9ClN2O2. The first-order valence-electron chi connectivity index (χ1n) is 4.37. The second kappa shape index (κ2) is 5.32. The van der Waals surface area contributed by atoms with Gasteiger partial charge in [0.15, 0.2) is 0 Å². The first-order chi connectivity index (χ1) is 7.17. The van der Waals surface area contributed by atoms with E-state index in [4.69, 9.17) is 21.6 Å². The minimum absolute atomic E-state index is 0.0369. The van der Waals surface area contributed by atoms with Gasteiger partial charge in [0.1, 0.15) is 11.2 Å². The fraction of sp³-hybridized carbons (Fsp3) is 0.300. The van der Waals surface area contributed by atoms with Gasteiger partial charge < -0.3 is 4.74 Å². The van der Waals surface area contributed by atoms with Crippen LogP contribution in [0.1, 0.15) is 18.1 Å². The van der Waals surface area contributed by atoms with E-state index in [0.29, 0.717) is 17.7 Å². The lowest BCUT2D eigenvalue weighted by atomic mass is 10.1. The Bertz CT molecular complexity index is 412. The van der Waals surface area contributed by atoms with Crippen molar-refractivity contribution in [3.8, 4) is 6.07 Å². The van der Waals surface area contributed by atoms with Crippen LogP contribution in [-0.4, -0.2) is 17.6 Å². The summed E-state index contributed by atoms with van der Waals surface area (Å²) in [5.74, 6) is -0.378. The fourth-order valence-electron chi connectivity index (χ4n) is 1.05. The summed E-state index contributed by atoms with van der Waals surface area (Å²) < 4.78 is 4.77. The zero-order valence-corrected chi connectivity index (χ0v) is 8.91. The highest BCUT2D eigenvalue weighted by molar-refractivity contribution is 6.30. The number of aromatic nitrogens is 1. The van der Waals surface area contributed by atoms with Crippen molar-refractivity contribution in [1.29, 1.82) is 5.26 Å². The Morgan fingerprint density at radius 3 is 3.07 bits per heavy atom. The molecule has 0 spiro atoms. The molecule has 0 amide bonds. The zero-order chi connectivity index (χ0) is 11.3. The molecule has 5 heteroatoms. The molecule has 0 N–H and O–H groups in total. The Labute approximate surface area is 92.4 Å². The van der Waals surface area contributed by atoms with E-state index in [1.54, 1.807) is 6.92 Å². The summed E-state index contributed by atoms with van der Waals surface area (Å²) in [4.78, 5) is 15.0. The number of nitrogens with zero attached hydrogens (tertiary/aromatic N) is 2. The number of carbonyl (C=O) groups is 1. The van der Waals surface area contributed by atoms with Gasteiger partial charge in [0.05, 0.1) is 18.6 Å². The minimum Gasteiger partial charge on any atom is -0.466 e. The molecule has 0 atom stereocenters. The number of halogens is 1. The smallest absolute Gasteiger partial charge is 0.310 e. The van der Waals surface area contributed by atoms with E-state index in [2.05, 4.69) is 4.98 Å². The molecule has 0 aliphatic heterocycles. The molecule has 0 aromatic carbocycles. The summed E-state index contributed by atoms with van der Waals surface area (Å²) >= 11 is 5.77. The molecule has 0 radical (unpaired) electrons. The summed E-state index contributed by atoms with van der Waals surface area (Å²) in [5, 5.41) is 8.87. The van der Waals surface area contributed by atoms with Crippen molar-refractivity contribution >= 4 is 17.6 Å². The van der Waals surface area contributed by atoms with Crippen molar-refractivity contribution in [1.82, 2.24) is 4.98 Å². The predicted molar refractivity (Wildman–Crippen MR) is 54.3 cm³/mol. The lowest BCUT2D eigenvalue weighted by Gasteiger charge is -2.03. The molecule has 0 aliphatic carbocycles. The molecule has 0 aliphatic rings. The quantitative estimate of drug-likeness (QED) is 0.579. The van der Waals surface area contributed by atoms with Crippen LogP contribution in [0.25, 0.3) is 0 Å². The highest BCUT2D eigenvalue weighted by atomic mass is 35.5. The van der Waals surface area contributed by atoms with Crippen LogP contribution in [0.15, 0.2) is 12.3 Å². The first-order valence-corrected chi connectivity index (χ1v) is 4.75. The maximum absolute atomic E-state index is 11.2. The van der Waals surface area contributed by atoms with Crippen molar-refractivity contribution in [3.05, 3.63) is 28.5 Å². The Morgan fingerprint density at radius 1 is 1.73 bits per heavy atom. The van der Waals surface area contributed by atoms with Crippen LogP contribution in [0.5, 0.6) is 0 Å². The van der Waals surface area contributed by atoms with Crippen molar-refractivity contribution in [2.75, 3.05) is 6.61 Å². The van der Waals surface area contributed by atoms with Gasteiger partial charge in [0.2, 0.25) is 0 Å². The van der Waals surface area contributed by atoms with E-state index in [-0.39, 0.29) is 17.5 Å². The van der Waals surface area contributed by atoms with Crippen molar-refractivity contribution in [2.45, 2.75) is 13.3 Å². The van der Waals surface area contributed by atoms with E-state index < -0.39 is 0 Å². The van der Waals surface area contributed by atoms with E-state index in [1.807, 2.05) is 6.07 Å². The van der Waals surface area contributed by atoms with Gasteiger partial charge in [-0.25, -0.2) is 4.98 Å². The molecule has 4 nitrogen and oxygen atoms in total. The Balaban J connectivity index is 2.85. The van der Waals surface area contributed by atoms with Gasteiger partial charge in [0, 0.05) is 11.8 Å². The largest absolute Gasteiger partial charge is 0.466 e. The molecule has 0 bridgehead atoms. The third-order valence-corrected chi connectivity index (χ3v) is 2.02. The monoisotopic (exact) mass is 224 g/mol. The van der Waals surface area contributed by atoms with Gasteiger partial charge >= 0.3 is 5.97 Å². The summed E-state index contributed by atoms with van der Waals surface area (Å²) in [6.45, 7) is 2.05. The topological polar surface area (TPSA) is 63.0 Å². The van der Waals surface area contributed by atoms with Crippen molar-refractivity contribution in [2.24, 2.45) is 0 Å². The van der Waals surface area contributed by atoms with Gasteiger partial charge in [-0.1, -0.05) is 11.6 Å². The maximum Gasteiger partial charge on any atom is 0.310 e. The second-order valence-corrected chi connectivity index (χ2v) is 3.13. The van der Waals surface area contributed by atoms with E-state index in [9.17, 15) is 4.79 Å². The second-order valence-electron chi connectivity index (χ2n) is 2.77. The highest BCUT2D eigenvalue weighted by Gasteiger charge is 2.09. The number of nitriles is 1. The predicted octanol–water partition coefficient (Wildman–Crippen LogP) is 1.71. The van der Waals surface area contributed by atoms with Crippen LogP contribution < -0.4 is 0 Å². The van der Waals surface area contributed by atoms with Gasteiger partial charge in [-0.05, 0) is 13.0 Å². The number of rotatable bonds is 3. The molecule has 1 aromatic rings. The molecular weight excluding hydrogens is 216 g/mol. The number of ether oxygens (including phenoxy) is 1.